The van der Waals surface area contributed by atoms with Gasteiger partial charge in [0, 0.05) is 17.6 Å². The minimum atomic E-state index is -0.236. The van der Waals surface area contributed by atoms with Gasteiger partial charge in [-0.25, -0.2) is 14.4 Å². The second-order valence-electron chi connectivity index (χ2n) is 5.33. The molecule has 0 spiro atoms. The summed E-state index contributed by atoms with van der Waals surface area (Å²) in [6.07, 6.45) is 6.16. The molecule has 0 unspecified atom stereocenters. The fourth-order valence-electron chi connectivity index (χ4n) is 2.29. The molecule has 0 bridgehead atoms. The van der Waals surface area contributed by atoms with Crippen LogP contribution in [0.2, 0.25) is 0 Å². The number of benzene rings is 1. The van der Waals surface area contributed by atoms with Crippen LogP contribution in [0.5, 0.6) is 0 Å². The van der Waals surface area contributed by atoms with Gasteiger partial charge < -0.3 is 5.32 Å². The Kier molecular flexibility index (Phi) is 5.08. The molecule has 2 aromatic rings. The highest BCUT2D eigenvalue weighted by Crippen LogP contribution is 2.24. The zero-order valence-electron chi connectivity index (χ0n) is 12.9. The average molecular weight is 327 g/mol. The number of aromatic nitrogens is 1. The molecule has 23 heavy (non-hydrogen) atoms. The predicted octanol–water partition coefficient (Wildman–Crippen LogP) is 4.90. The Balaban J connectivity index is 1.87. The van der Waals surface area contributed by atoms with Gasteiger partial charge >= 0.3 is 0 Å². The molecular weight excluding hydrogens is 309 g/mol. The normalized spacial score (nSPS) is 17.1. The lowest BCUT2D eigenvalue weighted by Crippen LogP contribution is -2.19. The Bertz CT molecular complexity index is 738. The van der Waals surface area contributed by atoms with Crippen molar-refractivity contribution in [2.24, 2.45) is 4.99 Å². The minimum Gasteiger partial charge on any atom is -0.339 e. The molecule has 0 aliphatic carbocycles. The van der Waals surface area contributed by atoms with E-state index in [1.807, 2.05) is 19.1 Å². The first-order valence-electron chi connectivity index (χ1n) is 7.58. The number of aliphatic imine (C=N–C) groups is 1. The Morgan fingerprint density at radius 2 is 2.00 bits per heavy atom. The summed E-state index contributed by atoms with van der Waals surface area (Å²) in [5.74, 6) is 1.45. The number of halogens is 1. The summed E-state index contributed by atoms with van der Waals surface area (Å²) < 4.78 is 13.0. The third-order valence-electron chi connectivity index (χ3n) is 3.48. The monoisotopic (exact) mass is 327 g/mol. The number of thioether (sulfide) groups is 1. The van der Waals surface area contributed by atoms with Crippen LogP contribution >= 0.6 is 11.8 Å². The molecule has 118 valence electrons. The second kappa shape index (κ2) is 7.42. The molecule has 0 radical (unpaired) electrons. The van der Waals surface area contributed by atoms with Crippen molar-refractivity contribution in [1.29, 1.82) is 0 Å². The number of rotatable bonds is 2. The highest BCUT2D eigenvalue weighted by molar-refractivity contribution is 8.13. The van der Waals surface area contributed by atoms with Gasteiger partial charge in [0.05, 0.1) is 0 Å². The summed E-state index contributed by atoms with van der Waals surface area (Å²) in [4.78, 5) is 8.94. The van der Waals surface area contributed by atoms with Crippen molar-refractivity contribution in [3.05, 3.63) is 60.2 Å². The van der Waals surface area contributed by atoms with Gasteiger partial charge in [-0.3, -0.25) is 0 Å². The molecule has 0 fully saturated rings. The van der Waals surface area contributed by atoms with Crippen molar-refractivity contribution in [2.75, 3.05) is 5.75 Å². The minimum absolute atomic E-state index is 0.236. The highest BCUT2D eigenvalue weighted by atomic mass is 32.2. The highest BCUT2D eigenvalue weighted by Gasteiger charge is 2.06. The van der Waals surface area contributed by atoms with Crippen molar-refractivity contribution in [1.82, 2.24) is 10.3 Å². The van der Waals surface area contributed by atoms with Gasteiger partial charge in [0.2, 0.25) is 0 Å². The van der Waals surface area contributed by atoms with Crippen molar-refractivity contribution in [3.63, 3.8) is 0 Å². The van der Waals surface area contributed by atoms with Gasteiger partial charge in [0.1, 0.15) is 5.82 Å². The Morgan fingerprint density at radius 1 is 1.17 bits per heavy atom. The van der Waals surface area contributed by atoms with Crippen LogP contribution in [0.25, 0.3) is 11.1 Å². The van der Waals surface area contributed by atoms with E-state index in [9.17, 15) is 4.39 Å². The van der Waals surface area contributed by atoms with E-state index in [1.165, 1.54) is 12.1 Å². The third-order valence-corrected chi connectivity index (χ3v) is 4.44. The first-order chi connectivity index (χ1) is 11.2. The number of hydrogen-bond donors (Lipinski definition) is 1. The summed E-state index contributed by atoms with van der Waals surface area (Å²) in [5.41, 5.74) is 3.04. The first kappa shape index (κ1) is 15.7. The van der Waals surface area contributed by atoms with Gasteiger partial charge in [0.15, 0.2) is 11.0 Å². The number of amidine groups is 1. The quantitative estimate of drug-likeness (QED) is 0.853. The van der Waals surface area contributed by atoms with Gasteiger partial charge in [-0.1, -0.05) is 30.0 Å². The molecule has 1 N–H and O–H groups in total. The van der Waals surface area contributed by atoms with Gasteiger partial charge in [-0.05, 0) is 55.2 Å². The molecule has 0 amide bonds. The number of hydrogen-bond acceptors (Lipinski definition) is 3. The smallest absolute Gasteiger partial charge is 0.167 e. The summed E-state index contributed by atoms with van der Waals surface area (Å²) in [5, 5.41) is 4.18. The van der Waals surface area contributed by atoms with Crippen LogP contribution < -0.4 is 5.32 Å². The zero-order valence-corrected chi connectivity index (χ0v) is 13.7. The maximum absolute atomic E-state index is 13.0. The van der Waals surface area contributed by atoms with Crippen LogP contribution in [0.15, 0.2) is 59.4 Å². The molecule has 1 aliphatic heterocycles. The fourth-order valence-corrected chi connectivity index (χ4v) is 3.19. The second-order valence-corrected chi connectivity index (χ2v) is 6.41. The average Bonchev–Trinajstić information content (AvgIpc) is 2.53. The maximum atomic E-state index is 13.0. The SMILES string of the molecule is CC1=CCCCSC(=Nc2cc(-c3ccc(F)cc3)ccn2)N1. The van der Waals surface area contributed by atoms with E-state index < -0.39 is 0 Å². The standard InChI is InChI=1S/C18H18FN3S/c1-13-4-2-3-11-23-18(21-13)22-17-12-15(9-10-20-17)14-5-7-16(19)8-6-14/h4-10,12H,2-3,11H2,1H3,(H,20,21,22). The van der Waals surface area contributed by atoms with Crippen LogP contribution in [-0.4, -0.2) is 15.9 Å². The van der Waals surface area contributed by atoms with Crippen LogP contribution in [0.3, 0.4) is 0 Å². The van der Waals surface area contributed by atoms with Gasteiger partial charge in [0.25, 0.3) is 0 Å². The Labute approximate surface area is 139 Å². The molecule has 0 atom stereocenters. The van der Waals surface area contributed by atoms with E-state index in [0.717, 1.165) is 40.6 Å². The fraction of sp³-hybridized carbons (Fsp3) is 0.222. The number of nitrogens with one attached hydrogen (secondary N) is 1. The molecule has 1 aliphatic rings. The van der Waals surface area contributed by atoms with Crippen LogP contribution in [-0.2, 0) is 0 Å². The molecule has 5 heteroatoms. The van der Waals surface area contributed by atoms with Crippen molar-refractivity contribution >= 4 is 22.7 Å². The van der Waals surface area contributed by atoms with E-state index in [4.69, 9.17) is 0 Å². The van der Waals surface area contributed by atoms with Crippen LogP contribution in [0.4, 0.5) is 10.2 Å². The van der Waals surface area contributed by atoms with E-state index >= 15 is 0 Å². The van der Waals surface area contributed by atoms with Crippen molar-refractivity contribution in [2.45, 2.75) is 19.8 Å². The summed E-state index contributed by atoms with van der Waals surface area (Å²) in [6.45, 7) is 2.05. The molecule has 3 rings (SSSR count). The zero-order chi connectivity index (χ0) is 16.1. The van der Waals surface area contributed by atoms with Gasteiger partial charge in [-0.15, -0.1) is 0 Å². The largest absolute Gasteiger partial charge is 0.339 e. The maximum Gasteiger partial charge on any atom is 0.167 e. The summed E-state index contributed by atoms with van der Waals surface area (Å²) >= 11 is 1.71. The van der Waals surface area contributed by atoms with Crippen LogP contribution in [0.1, 0.15) is 19.8 Å². The Morgan fingerprint density at radius 3 is 2.83 bits per heavy atom. The molecule has 0 saturated heterocycles. The van der Waals surface area contributed by atoms with E-state index in [0.29, 0.717) is 5.82 Å². The predicted molar refractivity (Wildman–Crippen MR) is 95.3 cm³/mol. The van der Waals surface area contributed by atoms with E-state index in [-0.39, 0.29) is 5.82 Å². The topological polar surface area (TPSA) is 37.3 Å². The lowest BCUT2D eigenvalue weighted by molar-refractivity contribution is 0.628. The van der Waals surface area contributed by atoms with Crippen molar-refractivity contribution < 1.29 is 4.39 Å². The number of pyridine rings is 1. The number of allylic oxidation sites excluding steroid dienone is 2. The lowest BCUT2D eigenvalue weighted by atomic mass is 10.1. The molecule has 0 saturated carbocycles. The Hall–Kier alpha value is -2.14. The molecular formula is C18H18FN3S. The molecule has 2 heterocycles. The van der Waals surface area contributed by atoms with Crippen LogP contribution in [0, 0.1) is 5.82 Å². The summed E-state index contributed by atoms with van der Waals surface area (Å²) in [6, 6.07) is 10.3. The van der Waals surface area contributed by atoms with E-state index in [2.05, 4.69) is 21.4 Å². The first-order valence-corrected chi connectivity index (χ1v) is 8.56. The molecule has 1 aromatic carbocycles. The van der Waals surface area contributed by atoms with E-state index in [1.54, 1.807) is 30.1 Å². The number of nitrogens with zero attached hydrogens (tertiary/aromatic N) is 2. The van der Waals surface area contributed by atoms with Gasteiger partial charge in [-0.2, -0.15) is 0 Å². The van der Waals surface area contributed by atoms with Crippen molar-refractivity contribution in [3.8, 4) is 11.1 Å². The molecule has 1 aromatic heterocycles. The third kappa shape index (κ3) is 4.42. The molecule has 3 nitrogen and oxygen atoms in total. The summed E-state index contributed by atoms with van der Waals surface area (Å²) in [7, 11) is 0. The lowest BCUT2D eigenvalue weighted by Gasteiger charge is -2.12.